The summed E-state index contributed by atoms with van der Waals surface area (Å²) >= 11 is 4.75. The van der Waals surface area contributed by atoms with Gasteiger partial charge < -0.3 is 14.0 Å². The van der Waals surface area contributed by atoms with Crippen molar-refractivity contribution >= 4 is 57.0 Å². The molecule has 0 fully saturated rings. The molecule has 1 aromatic heterocycles. The Kier molecular flexibility index (Phi) is 8.62. The molecule has 0 N–H and O–H groups in total. The molecule has 2 aromatic carbocycles. The van der Waals surface area contributed by atoms with Crippen LogP contribution in [0.25, 0.3) is 10.2 Å². The summed E-state index contributed by atoms with van der Waals surface area (Å²) in [5.41, 5.74) is 0.870. The molecule has 0 aliphatic carbocycles. The minimum atomic E-state index is -0.376. The van der Waals surface area contributed by atoms with Crippen molar-refractivity contribution in [3.63, 3.8) is 0 Å². The maximum atomic E-state index is 12.5. The summed E-state index contributed by atoms with van der Waals surface area (Å²) in [6, 6.07) is 13.9. The fourth-order valence-corrected chi connectivity index (χ4v) is 5.31. The number of aromatic nitrogens is 1. The fraction of sp³-hybridized carbons (Fsp3) is 0.318. The van der Waals surface area contributed by atoms with E-state index in [4.69, 9.17) is 9.47 Å². The average molecular weight is 477 g/mol. The quantitative estimate of drug-likeness (QED) is 0.255. The van der Waals surface area contributed by atoms with Crippen LogP contribution in [0.15, 0.2) is 57.2 Å². The molecule has 3 aromatic rings. The lowest BCUT2D eigenvalue weighted by atomic mass is 10.3. The summed E-state index contributed by atoms with van der Waals surface area (Å²) in [6.45, 7) is 0.0224. The number of ether oxygens (including phenoxy) is 2. The van der Waals surface area contributed by atoms with Crippen molar-refractivity contribution in [2.75, 3.05) is 26.2 Å². The molecule has 0 spiro atoms. The zero-order chi connectivity index (χ0) is 22.2. The minimum Gasteiger partial charge on any atom is -0.497 e. The van der Waals surface area contributed by atoms with E-state index in [2.05, 4.69) is 4.99 Å². The lowest BCUT2D eigenvalue weighted by Gasteiger charge is -2.04. The lowest BCUT2D eigenvalue weighted by molar-refractivity contribution is -0.141. The van der Waals surface area contributed by atoms with E-state index in [9.17, 15) is 9.59 Å². The van der Waals surface area contributed by atoms with Crippen LogP contribution in [-0.2, 0) is 20.9 Å². The second-order valence-corrected chi connectivity index (χ2v) is 9.57. The molecule has 3 rings (SSSR count). The number of thiazole rings is 1. The van der Waals surface area contributed by atoms with Crippen molar-refractivity contribution in [1.82, 2.24) is 4.57 Å². The van der Waals surface area contributed by atoms with E-state index in [1.54, 1.807) is 35.2 Å². The number of carbonyl (C=O) groups is 2. The molecular formula is C22H24N2O4S3. The Balaban J connectivity index is 1.69. The minimum absolute atomic E-state index is 0.0224. The predicted molar refractivity (Wildman–Crippen MR) is 127 cm³/mol. The molecular weight excluding hydrogens is 452 g/mol. The van der Waals surface area contributed by atoms with Crippen molar-refractivity contribution in [2.45, 2.75) is 29.2 Å². The van der Waals surface area contributed by atoms with Crippen LogP contribution in [0.3, 0.4) is 0 Å². The van der Waals surface area contributed by atoms with Crippen molar-refractivity contribution in [3.05, 3.63) is 47.3 Å². The van der Waals surface area contributed by atoms with Gasteiger partial charge in [-0.25, -0.2) is 0 Å². The zero-order valence-corrected chi connectivity index (χ0v) is 20.1. The van der Waals surface area contributed by atoms with Gasteiger partial charge in [-0.2, -0.15) is 4.99 Å². The number of fused-ring (bicyclic) bond motifs is 1. The number of carbonyl (C=O) groups excluding carboxylic acids is 2. The molecule has 0 atom stereocenters. The van der Waals surface area contributed by atoms with Crippen LogP contribution in [0.4, 0.5) is 0 Å². The van der Waals surface area contributed by atoms with Gasteiger partial charge in [0.2, 0.25) is 5.91 Å². The number of amides is 1. The SMILES string of the molecule is COC(=O)Cn1c(=NC(=O)CCCSc2ccc(OC)cc2)sc2cc(SC)ccc21. The van der Waals surface area contributed by atoms with E-state index >= 15 is 0 Å². The maximum Gasteiger partial charge on any atom is 0.325 e. The Morgan fingerprint density at radius 3 is 2.52 bits per heavy atom. The molecule has 0 bridgehead atoms. The molecule has 1 heterocycles. The van der Waals surface area contributed by atoms with Gasteiger partial charge in [0.25, 0.3) is 0 Å². The van der Waals surface area contributed by atoms with Crippen LogP contribution < -0.4 is 9.54 Å². The number of methoxy groups -OCH3 is 2. The third-order valence-electron chi connectivity index (χ3n) is 4.49. The summed E-state index contributed by atoms with van der Waals surface area (Å²) in [5, 5.41) is 0. The molecule has 164 valence electrons. The zero-order valence-electron chi connectivity index (χ0n) is 17.6. The third kappa shape index (κ3) is 6.38. The smallest absolute Gasteiger partial charge is 0.325 e. The van der Waals surface area contributed by atoms with E-state index in [1.807, 2.05) is 48.7 Å². The molecule has 0 saturated carbocycles. The topological polar surface area (TPSA) is 69.9 Å². The number of nitrogens with zero attached hydrogens (tertiary/aromatic N) is 2. The summed E-state index contributed by atoms with van der Waals surface area (Å²) in [6.07, 6.45) is 3.08. The summed E-state index contributed by atoms with van der Waals surface area (Å²) in [4.78, 5) is 31.5. The van der Waals surface area contributed by atoms with Gasteiger partial charge in [0.1, 0.15) is 12.3 Å². The van der Waals surface area contributed by atoms with Gasteiger partial charge in [-0.05, 0) is 60.9 Å². The number of benzene rings is 2. The van der Waals surface area contributed by atoms with Gasteiger partial charge in [0, 0.05) is 16.2 Å². The Morgan fingerprint density at radius 1 is 1.10 bits per heavy atom. The van der Waals surface area contributed by atoms with E-state index < -0.39 is 0 Å². The van der Waals surface area contributed by atoms with E-state index in [0.29, 0.717) is 11.2 Å². The first-order chi connectivity index (χ1) is 15.0. The highest BCUT2D eigenvalue weighted by molar-refractivity contribution is 7.99. The van der Waals surface area contributed by atoms with E-state index in [-0.39, 0.29) is 18.4 Å². The number of esters is 1. The Bertz CT molecular complexity index is 1120. The van der Waals surface area contributed by atoms with Crippen molar-refractivity contribution in [3.8, 4) is 5.75 Å². The van der Waals surface area contributed by atoms with Gasteiger partial charge in [-0.1, -0.05) is 11.3 Å². The number of hydrogen-bond donors (Lipinski definition) is 0. The molecule has 0 aliphatic heterocycles. The third-order valence-corrected chi connectivity index (χ3v) is 7.35. The van der Waals surface area contributed by atoms with Crippen LogP contribution in [0, 0.1) is 0 Å². The number of hydrogen-bond acceptors (Lipinski definition) is 7. The molecule has 0 saturated heterocycles. The van der Waals surface area contributed by atoms with E-state index in [0.717, 1.165) is 37.9 Å². The van der Waals surface area contributed by atoms with E-state index in [1.165, 1.54) is 18.4 Å². The molecule has 31 heavy (non-hydrogen) atoms. The van der Waals surface area contributed by atoms with Crippen molar-refractivity contribution in [1.29, 1.82) is 0 Å². The summed E-state index contributed by atoms with van der Waals surface area (Å²) in [5.74, 6) is 1.08. The highest BCUT2D eigenvalue weighted by Crippen LogP contribution is 2.25. The van der Waals surface area contributed by atoms with Gasteiger partial charge in [-0.15, -0.1) is 23.5 Å². The van der Waals surface area contributed by atoms with Gasteiger partial charge in [0.15, 0.2) is 4.80 Å². The molecule has 6 nitrogen and oxygen atoms in total. The second-order valence-electron chi connectivity index (χ2n) is 6.51. The Labute approximate surface area is 193 Å². The van der Waals surface area contributed by atoms with Crippen molar-refractivity contribution < 1.29 is 19.1 Å². The van der Waals surface area contributed by atoms with Crippen LogP contribution >= 0.6 is 34.9 Å². The molecule has 0 unspecified atom stereocenters. The molecule has 0 aliphatic rings. The van der Waals surface area contributed by atoms with Gasteiger partial charge >= 0.3 is 5.97 Å². The van der Waals surface area contributed by atoms with Crippen LogP contribution in [-0.4, -0.2) is 42.7 Å². The molecule has 0 radical (unpaired) electrons. The Hall–Kier alpha value is -2.23. The van der Waals surface area contributed by atoms with Crippen LogP contribution in [0.1, 0.15) is 12.8 Å². The average Bonchev–Trinajstić information content (AvgIpc) is 3.12. The monoisotopic (exact) mass is 476 g/mol. The predicted octanol–water partition coefficient (Wildman–Crippen LogP) is 4.61. The number of thioether (sulfide) groups is 2. The second kappa shape index (κ2) is 11.4. The first kappa shape index (κ1) is 23.4. The highest BCUT2D eigenvalue weighted by atomic mass is 32.2. The van der Waals surface area contributed by atoms with Gasteiger partial charge in [-0.3, -0.25) is 9.59 Å². The summed E-state index contributed by atoms with van der Waals surface area (Å²) in [7, 11) is 3.00. The van der Waals surface area contributed by atoms with Gasteiger partial charge in [0.05, 0.1) is 24.4 Å². The fourth-order valence-electron chi connectivity index (χ4n) is 2.86. The normalized spacial score (nSPS) is 11.6. The number of rotatable bonds is 9. The molecule has 1 amide bonds. The first-order valence-electron chi connectivity index (χ1n) is 9.62. The van der Waals surface area contributed by atoms with Crippen LogP contribution in [0.2, 0.25) is 0 Å². The molecule has 9 heteroatoms. The van der Waals surface area contributed by atoms with Crippen molar-refractivity contribution in [2.24, 2.45) is 4.99 Å². The summed E-state index contributed by atoms with van der Waals surface area (Å²) < 4.78 is 12.7. The first-order valence-corrected chi connectivity index (χ1v) is 12.7. The largest absolute Gasteiger partial charge is 0.497 e. The standard InChI is InChI=1S/C22H24N2O4S3/c1-27-15-6-8-16(9-7-15)30-12-4-5-20(25)23-22-24(14-21(26)28-2)18-11-10-17(29-3)13-19(18)31-22/h6-11,13H,4-5,12,14H2,1-3H3. The lowest BCUT2D eigenvalue weighted by Crippen LogP contribution is -2.22. The maximum absolute atomic E-state index is 12.5. The Morgan fingerprint density at radius 2 is 1.84 bits per heavy atom. The highest BCUT2D eigenvalue weighted by Gasteiger charge is 2.12. The van der Waals surface area contributed by atoms with Crippen LogP contribution in [0.5, 0.6) is 5.75 Å².